The van der Waals surface area contributed by atoms with E-state index < -0.39 is 21.4 Å². The molecule has 3 rings (SSSR count). The molecule has 1 heterocycles. The number of sulfone groups is 1. The lowest BCUT2D eigenvalue weighted by Gasteiger charge is -2.12. The first kappa shape index (κ1) is 22.6. The van der Waals surface area contributed by atoms with Gasteiger partial charge >= 0.3 is 0 Å². The highest BCUT2D eigenvalue weighted by Gasteiger charge is 2.16. The Balaban J connectivity index is 1.87. The summed E-state index contributed by atoms with van der Waals surface area (Å²) < 4.78 is 28.4. The Morgan fingerprint density at radius 1 is 1.07 bits per heavy atom. The van der Waals surface area contributed by atoms with E-state index in [0.717, 1.165) is 17.4 Å². The van der Waals surface area contributed by atoms with Crippen molar-refractivity contribution in [3.8, 4) is 22.8 Å². The summed E-state index contributed by atoms with van der Waals surface area (Å²) in [6.07, 6.45) is 2.61. The Kier molecular flexibility index (Phi) is 6.72. The Morgan fingerprint density at radius 3 is 2.43 bits per heavy atom. The lowest BCUT2D eigenvalue weighted by molar-refractivity contribution is 0.102. The molecule has 0 bridgehead atoms. The van der Waals surface area contributed by atoms with E-state index in [4.69, 9.17) is 39.5 Å². The highest BCUT2D eigenvalue weighted by atomic mass is 35.5. The molecule has 1 aromatic heterocycles. The van der Waals surface area contributed by atoms with Crippen molar-refractivity contribution >= 4 is 50.4 Å². The molecule has 0 radical (unpaired) electrons. The minimum Gasteiger partial charge on any atom is -0.436 e. The number of Topliss-reactive ketones (excluding diaryl/α,β-unsaturated/α-hetero) is 1. The SMILES string of the molecule is Cc1cc(C(=O)CS(C)(=O)=O)ccc1-c1cnc(Oc2cccc(Cl)c2Cl)c(Cl)c1. The molecule has 0 amide bonds. The lowest BCUT2D eigenvalue weighted by Crippen LogP contribution is -2.14. The van der Waals surface area contributed by atoms with Crippen LogP contribution in [0.4, 0.5) is 0 Å². The number of benzene rings is 2. The fraction of sp³-hybridized carbons (Fsp3) is 0.143. The topological polar surface area (TPSA) is 73.3 Å². The molecule has 0 aliphatic rings. The van der Waals surface area contributed by atoms with Gasteiger partial charge in [-0.3, -0.25) is 4.79 Å². The number of carbonyl (C=O) groups excluding carboxylic acids is 1. The second-order valence-electron chi connectivity index (χ2n) is 6.69. The normalized spacial score (nSPS) is 11.4. The largest absolute Gasteiger partial charge is 0.436 e. The van der Waals surface area contributed by atoms with Gasteiger partial charge in [0, 0.05) is 23.6 Å². The summed E-state index contributed by atoms with van der Waals surface area (Å²) in [5.74, 6) is -0.485. The summed E-state index contributed by atoms with van der Waals surface area (Å²) in [5, 5.41) is 0.870. The van der Waals surface area contributed by atoms with Gasteiger partial charge in [0.2, 0.25) is 5.88 Å². The van der Waals surface area contributed by atoms with Crippen molar-refractivity contribution in [2.75, 3.05) is 12.0 Å². The molecule has 0 atom stereocenters. The number of hydrogen-bond acceptors (Lipinski definition) is 5. The molecule has 0 aliphatic heterocycles. The van der Waals surface area contributed by atoms with E-state index in [1.54, 1.807) is 48.7 Å². The fourth-order valence-corrected chi connectivity index (χ4v) is 3.98. The zero-order valence-electron chi connectivity index (χ0n) is 15.9. The molecule has 5 nitrogen and oxygen atoms in total. The van der Waals surface area contributed by atoms with Crippen LogP contribution in [-0.4, -0.2) is 31.2 Å². The van der Waals surface area contributed by atoms with Gasteiger partial charge in [0.05, 0.1) is 5.02 Å². The minimum absolute atomic E-state index is 0.169. The van der Waals surface area contributed by atoms with Crippen LogP contribution in [0.1, 0.15) is 15.9 Å². The molecular weight excluding hydrogens is 469 g/mol. The number of ether oxygens (including phenoxy) is 1. The first-order valence-corrected chi connectivity index (χ1v) is 11.8. The minimum atomic E-state index is -3.40. The monoisotopic (exact) mass is 483 g/mol. The Labute approximate surface area is 189 Å². The number of halogens is 3. The zero-order valence-corrected chi connectivity index (χ0v) is 19.0. The second-order valence-corrected chi connectivity index (χ2v) is 10.0. The van der Waals surface area contributed by atoms with Crippen LogP contribution in [0.3, 0.4) is 0 Å². The molecule has 30 heavy (non-hydrogen) atoms. The van der Waals surface area contributed by atoms with Gasteiger partial charge in [-0.05, 0) is 42.3 Å². The van der Waals surface area contributed by atoms with Crippen LogP contribution in [0.15, 0.2) is 48.7 Å². The first-order chi connectivity index (χ1) is 14.0. The number of hydrogen-bond donors (Lipinski definition) is 0. The van der Waals surface area contributed by atoms with Crippen LogP contribution < -0.4 is 4.74 Å². The molecule has 9 heteroatoms. The Morgan fingerprint density at radius 2 is 1.80 bits per heavy atom. The van der Waals surface area contributed by atoms with E-state index in [2.05, 4.69) is 4.98 Å². The van der Waals surface area contributed by atoms with Crippen LogP contribution >= 0.6 is 34.8 Å². The molecule has 0 aliphatic carbocycles. The predicted octanol–water partition coefficient (Wildman–Crippen LogP) is 6.04. The number of nitrogens with zero attached hydrogens (tertiary/aromatic N) is 1. The predicted molar refractivity (Wildman–Crippen MR) is 120 cm³/mol. The van der Waals surface area contributed by atoms with Gasteiger partial charge in [0.25, 0.3) is 0 Å². The van der Waals surface area contributed by atoms with Crippen LogP contribution in [0.2, 0.25) is 15.1 Å². The smallest absolute Gasteiger partial charge is 0.238 e. The molecule has 0 saturated carbocycles. The standard InChI is InChI=1S/C21H16Cl3NO4S/c1-12-8-13(18(26)11-30(2,27)28)6-7-15(12)14-9-17(23)21(25-10-14)29-19-5-3-4-16(22)20(19)24/h3-10H,11H2,1-2H3. The molecule has 0 unspecified atom stereocenters. The number of carbonyl (C=O) groups is 1. The maximum absolute atomic E-state index is 12.1. The second kappa shape index (κ2) is 8.94. The van der Waals surface area contributed by atoms with Crippen LogP contribution in [-0.2, 0) is 9.84 Å². The highest BCUT2D eigenvalue weighted by molar-refractivity contribution is 7.91. The number of rotatable bonds is 6. The molecule has 0 saturated heterocycles. The summed E-state index contributed by atoms with van der Waals surface area (Å²) in [6.45, 7) is 1.82. The Bertz CT molecular complexity index is 1240. The van der Waals surface area contributed by atoms with Gasteiger partial charge in [-0.1, -0.05) is 53.0 Å². The average Bonchev–Trinajstić information content (AvgIpc) is 2.65. The highest BCUT2D eigenvalue weighted by Crippen LogP contribution is 2.37. The van der Waals surface area contributed by atoms with Crippen molar-refractivity contribution in [3.63, 3.8) is 0 Å². The molecule has 0 N–H and O–H groups in total. The van der Waals surface area contributed by atoms with Gasteiger partial charge in [-0.25, -0.2) is 13.4 Å². The first-order valence-electron chi connectivity index (χ1n) is 8.64. The summed E-state index contributed by atoms with van der Waals surface area (Å²) in [4.78, 5) is 16.4. The lowest BCUT2D eigenvalue weighted by atomic mass is 9.98. The molecule has 0 fully saturated rings. The van der Waals surface area contributed by atoms with Crippen molar-refractivity contribution in [3.05, 3.63) is 74.9 Å². The van der Waals surface area contributed by atoms with Crippen molar-refractivity contribution in [1.82, 2.24) is 4.98 Å². The van der Waals surface area contributed by atoms with Gasteiger partial charge in [-0.2, -0.15) is 0 Å². The third-order valence-electron chi connectivity index (χ3n) is 4.18. The molecule has 156 valence electrons. The molecule has 3 aromatic rings. The number of aryl methyl sites for hydroxylation is 1. The number of ketones is 1. The quantitative estimate of drug-likeness (QED) is 0.399. The van der Waals surface area contributed by atoms with Crippen molar-refractivity contribution < 1.29 is 17.9 Å². The van der Waals surface area contributed by atoms with E-state index in [-0.39, 0.29) is 15.9 Å². The van der Waals surface area contributed by atoms with E-state index in [1.807, 2.05) is 6.92 Å². The van der Waals surface area contributed by atoms with Crippen molar-refractivity contribution in [2.45, 2.75) is 6.92 Å². The van der Waals surface area contributed by atoms with Crippen LogP contribution in [0, 0.1) is 6.92 Å². The van der Waals surface area contributed by atoms with E-state index in [1.165, 1.54) is 0 Å². The zero-order chi connectivity index (χ0) is 22.1. The van der Waals surface area contributed by atoms with E-state index >= 15 is 0 Å². The van der Waals surface area contributed by atoms with Gasteiger partial charge in [-0.15, -0.1) is 0 Å². The average molecular weight is 485 g/mol. The summed E-state index contributed by atoms with van der Waals surface area (Å²) in [5.41, 5.74) is 2.62. The molecule has 2 aromatic carbocycles. The van der Waals surface area contributed by atoms with Crippen LogP contribution in [0.25, 0.3) is 11.1 Å². The fourth-order valence-electron chi connectivity index (χ4n) is 2.80. The van der Waals surface area contributed by atoms with Crippen molar-refractivity contribution in [1.29, 1.82) is 0 Å². The third kappa shape index (κ3) is 5.32. The third-order valence-corrected chi connectivity index (χ3v) is 6.04. The summed E-state index contributed by atoms with van der Waals surface area (Å²) >= 11 is 18.5. The molecule has 0 spiro atoms. The van der Waals surface area contributed by atoms with E-state index in [9.17, 15) is 13.2 Å². The summed E-state index contributed by atoms with van der Waals surface area (Å²) in [6, 6.07) is 11.6. The van der Waals surface area contributed by atoms with Crippen LogP contribution in [0.5, 0.6) is 11.6 Å². The molecular formula is C21H16Cl3NO4S. The summed E-state index contributed by atoms with van der Waals surface area (Å²) in [7, 11) is -3.40. The number of pyridine rings is 1. The maximum atomic E-state index is 12.1. The maximum Gasteiger partial charge on any atom is 0.238 e. The Hall–Kier alpha value is -2.12. The number of aromatic nitrogens is 1. The van der Waals surface area contributed by atoms with Gasteiger partial charge in [0.15, 0.2) is 15.6 Å². The van der Waals surface area contributed by atoms with Gasteiger partial charge < -0.3 is 4.74 Å². The van der Waals surface area contributed by atoms with Crippen molar-refractivity contribution in [2.24, 2.45) is 0 Å². The van der Waals surface area contributed by atoms with Gasteiger partial charge in [0.1, 0.15) is 21.5 Å². The van der Waals surface area contributed by atoms with E-state index in [0.29, 0.717) is 21.9 Å².